The van der Waals surface area contributed by atoms with Crippen LogP contribution < -0.4 is 10.6 Å². The zero-order valence-corrected chi connectivity index (χ0v) is 9.36. The van der Waals surface area contributed by atoms with Crippen LogP contribution in [0.5, 0.6) is 0 Å². The van der Waals surface area contributed by atoms with Crippen molar-refractivity contribution in [3.05, 3.63) is 0 Å². The number of nitrogens with one attached hydrogen (secondary N) is 2. The number of hydrogen-bond acceptors (Lipinski definition) is 3. The first-order valence-electron chi connectivity index (χ1n) is 5.47. The highest BCUT2D eigenvalue weighted by Crippen LogP contribution is 2.32. The molecule has 1 fully saturated rings. The molecule has 16 heavy (non-hydrogen) atoms. The SMILES string of the molecule is CCC1CC1NC(=O)NCCOCC(=O)O. The summed E-state index contributed by atoms with van der Waals surface area (Å²) in [5.41, 5.74) is 0. The zero-order chi connectivity index (χ0) is 12.0. The van der Waals surface area contributed by atoms with E-state index in [1.807, 2.05) is 0 Å². The summed E-state index contributed by atoms with van der Waals surface area (Å²) in [6.07, 6.45) is 2.14. The average molecular weight is 230 g/mol. The van der Waals surface area contributed by atoms with Gasteiger partial charge >= 0.3 is 12.0 Å². The lowest BCUT2D eigenvalue weighted by atomic mass is 10.3. The lowest BCUT2D eigenvalue weighted by Gasteiger charge is -2.06. The number of urea groups is 1. The highest BCUT2D eigenvalue weighted by molar-refractivity contribution is 5.74. The summed E-state index contributed by atoms with van der Waals surface area (Å²) in [5.74, 6) is -0.387. The van der Waals surface area contributed by atoms with Crippen molar-refractivity contribution in [1.29, 1.82) is 0 Å². The molecule has 1 aliphatic rings. The Balaban J connectivity index is 1.93. The van der Waals surface area contributed by atoms with Gasteiger partial charge in [-0.1, -0.05) is 13.3 Å². The maximum atomic E-state index is 11.3. The number of carbonyl (C=O) groups is 2. The van der Waals surface area contributed by atoms with Crippen LogP contribution in [0.3, 0.4) is 0 Å². The Labute approximate surface area is 94.3 Å². The molecule has 2 amide bonds. The van der Waals surface area contributed by atoms with Gasteiger partial charge in [-0.05, 0) is 12.3 Å². The molecule has 2 atom stereocenters. The van der Waals surface area contributed by atoms with Crippen LogP contribution in [0.4, 0.5) is 4.79 Å². The minimum Gasteiger partial charge on any atom is -0.480 e. The van der Waals surface area contributed by atoms with Crippen molar-refractivity contribution in [3.8, 4) is 0 Å². The first-order valence-corrected chi connectivity index (χ1v) is 5.47. The molecule has 0 radical (unpaired) electrons. The van der Waals surface area contributed by atoms with Crippen LogP contribution in [-0.4, -0.2) is 42.9 Å². The fourth-order valence-corrected chi connectivity index (χ4v) is 1.49. The van der Waals surface area contributed by atoms with Crippen LogP contribution in [0.2, 0.25) is 0 Å². The minimum absolute atomic E-state index is 0.208. The minimum atomic E-state index is -1.01. The number of aliphatic carboxylic acids is 1. The number of carboxylic acids is 1. The molecule has 0 spiro atoms. The van der Waals surface area contributed by atoms with E-state index in [-0.39, 0.29) is 19.2 Å². The molecule has 1 rings (SSSR count). The molecule has 0 aromatic heterocycles. The summed E-state index contributed by atoms with van der Waals surface area (Å²) in [5, 5.41) is 13.7. The Kier molecular flexibility index (Phi) is 5.04. The van der Waals surface area contributed by atoms with E-state index in [4.69, 9.17) is 9.84 Å². The highest BCUT2D eigenvalue weighted by atomic mass is 16.5. The third-order valence-electron chi connectivity index (χ3n) is 2.52. The van der Waals surface area contributed by atoms with Crippen molar-refractivity contribution in [3.63, 3.8) is 0 Å². The lowest BCUT2D eigenvalue weighted by Crippen LogP contribution is -2.39. The van der Waals surface area contributed by atoms with E-state index in [0.717, 1.165) is 12.8 Å². The molecule has 0 aromatic rings. The van der Waals surface area contributed by atoms with E-state index < -0.39 is 5.97 Å². The van der Waals surface area contributed by atoms with E-state index in [2.05, 4.69) is 17.6 Å². The van der Waals surface area contributed by atoms with Gasteiger partial charge in [-0.3, -0.25) is 0 Å². The molecule has 92 valence electrons. The van der Waals surface area contributed by atoms with Crippen LogP contribution in [0, 0.1) is 5.92 Å². The molecule has 3 N–H and O–H groups in total. The van der Waals surface area contributed by atoms with Crippen LogP contribution in [0.1, 0.15) is 19.8 Å². The van der Waals surface area contributed by atoms with E-state index in [9.17, 15) is 9.59 Å². The number of ether oxygens (including phenoxy) is 1. The fourth-order valence-electron chi connectivity index (χ4n) is 1.49. The molecule has 0 aromatic carbocycles. The van der Waals surface area contributed by atoms with Crippen molar-refractivity contribution < 1.29 is 19.4 Å². The van der Waals surface area contributed by atoms with E-state index in [1.165, 1.54) is 0 Å². The van der Waals surface area contributed by atoms with Crippen molar-refractivity contribution in [2.75, 3.05) is 19.8 Å². The Morgan fingerprint density at radius 2 is 2.25 bits per heavy atom. The monoisotopic (exact) mass is 230 g/mol. The molecular formula is C10H18N2O4. The Bertz CT molecular complexity index is 257. The molecule has 0 aliphatic heterocycles. The first kappa shape index (κ1) is 12.8. The van der Waals surface area contributed by atoms with Crippen LogP contribution in [-0.2, 0) is 9.53 Å². The molecule has 6 heteroatoms. The quantitative estimate of drug-likeness (QED) is 0.545. The topological polar surface area (TPSA) is 87.7 Å². The Hall–Kier alpha value is -1.30. The van der Waals surface area contributed by atoms with Gasteiger partial charge in [-0.15, -0.1) is 0 Å². The largest absolute Gasteiger partial charge is 0.480 e. The molecule has 0 saturated heterocycles. The maximum Gasteiger partial charge on any atom is 0.329 e. The van der Waals surface area contributed by atoms with Crippen LogP contribution >= 0.6 is 0 Å². The van der Waals surface area contributed by atoms with Crippen LogP contribution in [0.25, 0.3) is 0 Å². The van der Waals surface area contributed by atoms with Crippen molar-refractivity contribution >= 4 is 12.0 Å². The second-order valence-electron chi connectivity index (χ2n) is 3.86. The summed E-state index contributed by atoms with van der Waals surface area (Å²) in [6, 6.07) is 0.102. The van der Waals surface area contributed by atoms with Gasteiger partial charge in [-0.25, -0.2) is 9.59 Å². The summed E-state index contributed by atoms with van der Waals surface area (Å²) >= 11 is 0. The fraction of sp³-hybridized carbons (Fsp3) is 0.800. The Morgan fingerprint density at radius 1 is 1.50 bits per heavy atom. The van der Waals surface area contributed by atoms with Gasteiger partial charge in [0, 0.05) is 12.6 Å². The lowest BCUT2D eigenvalue weighted by molar-refractivity contribution is -0.142. The van der Waals surface area contributed by atoms with Crippen LogP contribution in [0.15, 0.2) is 0 Å². The van der Waals surface area contributed by atoms with Crippen molar-refractivity contribution in [2.24, 2.45) is 5.92 Å². The molecule has 2 unspecified atom stereocenters. The summed E-state index contributed by atoms with van der Waals surface area (Å²) in [4.78, 5) is 21.4. The predicted molar refractivity (Wildman–Crippen MR) is 57.2 cm³/mol. The number of carboxylic acid groups (broad SMARTS) is 1. The van der Waals surface area contributed by atoms with Gasteiger partial charge in [0.05, 0.1) is 6.61 Å². The number of amides is 2. The molecular weight excluding hydrogens is 212 g/mol. The van der Waals surface area contributed by atoms with E-state index >= 15 is 0 Å². The number of carbonyl (C=O) groups excluding carboxylic acids is 1. The summed E-state index contributed by atoms with van der Waals surface area (Å²) in [6.45, 7) is 2.30. The third kappa shape index (κ3) is 4.97. The second-order valence-corrected chi connectivity index (χ2v) is 3.86. The molecule has 1 saturated carbocycles. The average Bonchev–Trinajstić information content (AvgIpc) is 2.95. The zero-order valence-electron chi connectivity index (χ0n) is 9.36. The summed E-state index contributed by atoms with van der Waals surface area (Å²) in [7, 11) is 0. The van der Waals surface area contributed by atoms with Gasteiger partial charge in [0.25, 0.3) is 0 Å². The van der Waals surface area contributed by atoms with Gasteiger partial charge in [0.15, 0.2) is 0 Å². The normalized spacial score (nSPS) is 22.6. The smallest absolute Gasteiger partial charge is 0.329 e. The van der Waals surface area contributed by atoms with Gasteiger partial charge in [-0.2, -0.15) is 0 Å². The molecule has 0 heterocycles. The summed E-state index contributed by atoms with van der Waals surface area (Å²) < 4.78 is 4.77. The predicted octanol–water partition coefficient (Wildman–Crippen LogP) is 0.185. The first-order chi connectivity index (χ1) is 7.63. The Morgan fingerprint density at radius 3 is 2.81 bits per heavy atom. The van der Waals surface area contributed by atoms with E-state index in [1.54, 1.807) is 0 Å². The number of hydrogen-bond donors (Lipinski definition) is 3. The molecule has 6 nitrogen and oxygen atoms in total. The molecule has 0 bridgehead atoms. The highest BCUT2D eigenvalue weighted by Gasteiger charge is 2.36. The molecule has 1 aliphatic carbocycles. The second kappa shape index (κ2) is 6.32. The van der Waals surface area contributed by atoms with Gasteiger partial charge in [0.2, 0.25) is 0 Å². The third-order valence-corrected chi connectivity index (χ3v) is 2.52. The maximum absolute atomic E-state index is 11.3. The van der Waals surface area contributed by atoms with Gasteiger partial charge in [0.1, 0.15) is 6.61 Å². The van der Waals surface area contributed by atoms with Crippen molar-refractivity contribution in [1.82, 2.24) is 10.6 Å². The van der Waals surface area contributed by atoms with E-state index in [0.29, 0.717) is 18.5 Å². The standard InChI is InChI=1S/C10H18N2O4/c1-2-7-5-8(7)12-10(15)11-3-4-16-6-9(13)14/h7-8H,2-6H2,1H3,(H,13,14)(H2,11,12,15). The number of rotatable bonds is 7. The van der Waals surface area contributed by atoms with Gasteiger partial charge < -0.3 is 20.5 Å². The van der Waals surface area contributed by atoms with Crippen molar-refractivity contribution in [2.45, 2.75) is 25.8 Å².